The van der Waals surface area contributed by atoms with Crippen molar-refractivity contribution in [2.45, 2.75) is 6.92 Å². The van der Waals surface area contributed by atoms with Crippen molar-refractivity contribution < 1.29 is 0 Å². The van der Waals surface area contributed by atoms with Crippen LogP contribution in [0.2, 0.25) is 0 Å². The zero-order valence-electron chi connectivity index (χ0n) is 9.14. The third kappa shape index (κ3) is 2.15. The Morgan fingerprint density at radius 2 is 2.00 bits per heavy atom. The van der Waals surface area contributed by atoms with Gasteiger partial charge in [0.05, 0.1) is 0 Å². The predicted octanol–water partition coefficient (Wildman–Crippen LogP) is 0.919. The second kappa shape index (κ2) is 4.24. The molecule has 0 aliphatic carbocycles. The van der Waals surface area contributed by atoms with E-state index in [1.807, 2.05) is 21.0 Å². The van der Waals surface area contributed by atoms with Gasteiger partial charge in [0.2, 0.25) is 0 Å². The van der Waals surface area contributed by atoms with Crippen molar-refractivity contribution in [3.05, 3.63) is 26.9 Å². The summed E-state index contributed by atoms with van der Waals surface area (Å²) < 4.78 is 3.52. The summed E-state index contributed by atoms with van der Waals surface area (Å²) in [5.41, 5.74) is 0.636. The fourth-order valence-electron chi connectivity index (χ4n) is 1.17. The van der Waals surface area contributed by atoms with Gasteiger partial charge in [0, 0.05) is 32.9 Å². The van der Waals surface area contributed by atoms with Crippen molar-refractivity contribution in [2.24, 2.45) is 7.05 Å². The first-order chi connectivity index (χ1) is 6.86. The molecule has 1 aromatic rings. The second-order valence-electron chi connectivity index (χ2n) is 3.48. The summed E-state index contributed by atoms with van der Waals surface area (Å²) in [6, 6.07) is 1.52. The van der Waals surface area contributed by atoms with Crippen molar-refractivity contribution in [3.8, 4) is 0 Å². The molecule has 15 heavy (non-hydrogen) atoms. The lowest BCUT2D eigenvalue weighted by molar-refractivity contribution is 0.596. The van der Waals surface area contributed by atoms with E-state index in [2.05, 4.69) is 0 Å². The lowest BCUT2D eigenvalue weighted by Gasteiger charge is -2.19. The van der Waals surface area contributed by atoms with Gasteiger partial charge in [0.15, 0.2) is 9.88 Å². The standard InChI is InChI=1S/C9H13N3OS2/c1-6-5-7(13)11(4)9(15)12(6)8(14)10(2)3/h5H,1-4H3. The van der Waals surface area contributed by atoms with Crippen LogP contribution in [0.25, 0.3) is 0 Å². The Bertz CT molecular complexity index is 513. The number of aromatic nitrogens is 2. The number of thiocarbonyl (C=S) groups is 1. The molecule has 6 heteroatoms. The Balaban J connectivity index is 3.57. The van der Waals surface area contributed by atoms with Crippen LogP contribution in [0.15, 0.2) is 10.9 Å². The van der Waals surface area contributed by atoms with Crippen LogP contribution < -0.4 is 5.56 Å². The summed E-state index contributed by atoms with van der Waals surface area (Å²) in [6.07, 6.45) is 0. The van der Waals surface area contributed by atoms with Crippen LogP contribution in [0.4, 0.5) is 0 Å². The highest BCUT2D eigenvalue weighted by Gasteiger charge is 2.08. The Morgan fingerprint density at radius 1 is 1.47 bits per heavy atom. The summed E-state index contributed by atoms with van der Waals surface area (Å²) >= 11 is 10.4. The molecule has 1 aromatic heterocycles. The van der Waals surface area contributed by atoms with E-state index in [4.69, 9.17) is 24.4 Å². The minimum absolute atomic E-state index is 0.115. The molecule has 1 heterocycles. The highest BCUT2D eigenvalue weighted by atomic mass is 32.1. The third-order valence-electron chi connectivity index (χ3n) is 2.07. The average Bonchev–Trinajstić information content (AvgIpc) is 2.14. The minimum atomic E-state index is -0.115. The maximum Gasteiger partial charge on any atom is 0.254 e. The lowest BCUT2D eigenvalue weighted by Crippen LogP contribution is -2.33. The summed E-state index contributed by atoms with van der Waals surface area (Å²) in [4.78, 5) is 13.2. The lowest BCUT2D eigenvalue weighted by atomic mass is 10.4. The summed E-state index contributed by atoms with van der Waals surface area (Å²) in [7, 11) is 5.32. The molecule has 0 fully saturated rings. The number of nitrogens with zero attached hydrogens (tertiary/aromatic N) is 3. The Kier molecular flexibility index (Phi) is 3.41. The van der Waals surface area contributed by atoms with Gasteiger partial charge in [-0.2, -0.15) is 0 Å². The van der Waals surface area contributed by atoms with E-state index in [1.54, 1.807) is 16.5 Å². The van der Waals surface area contributed by atoms with Gasteiger partial charge in [-0.15, -0.1) is 0 Å². The van der Waals surface area contributed by atoms with E-state index in [-0.39, 0.29) is 5.56 Å². The smallest absolute Gasteiger partial charge is 0.254 e. The van der Waals surface area contributed by atoms with Gasteiger partial charge in [0.1, 0.15) is 0 Å². The van der Waals surface area contributed by atoms with Crippen LogP contribution in [0.3, 0.4) is 0 Å². The molecule has 0 aliphatic rings. The molecule has 0 unspecified atom stereocenters. The van der Waals surface area contributed by atoms with E-state index in [0.717, 1.165) is 5.69 Å². The number of hydrogen-bond acceptors (Lipinski definition) is 3. The predicted molar refractivity (Wildman–Crippen MR) is 66.9 cm³/mol. The van der Waals surface area contributed by atoms with Gasteiger partial charge in [0.25, 0.3) is 5.56 Å². The zero-order valence-corrected chi connectivity index (χ0v) is 10.8. The topological polar surface area (TPSA) is 30.2 Å². The molecule has 0 saturated carbocycles. The molecule has 0 aromatic carbocycles. The van der Waals surface area contributed by atoms with Crippen LogP contribution >= 0.6 is 24.4 Å². The van der Waals surface area contributed by atoms with E-state index in [0.29, 0.717) is 9.88 Å². The molecule has 0 aliphatic heterocycles. The minimum Gasteiger partial charge on any atom is -0.355 e. The summed E-state index contributed by atoms with van der Waals surface area (Å²) in [5.74, 6) is 0. The van der Waals surface area contributed by atoms with Gasteiger partial charge in [-0.3, -0.25) is 13.9 Å². The maximum absolute atomic E-state index is 11.4. The molecule has 0 amide bonds. The van der Waals surface area contributed by atoms with Gasteiger partial charge in [-0.05, 0) is 31.4 Å². The quantitative estimate of drug-likeness (QED) is 0.634. The van der Waals surface area contributed by atoms with Crippen molar-refractivity contribution in [3.63, 3.8) is 0 Å². The molecular formula is C9H13N3OS2. The van der Waals surface area contributed by atoms with Gasteiger partial charge in [-0.25, -0.2) is 0 Å². The van der Waals surface area contributed by atoms with Crippen LogP contribution in [0.1, 0.15) is 5.69 Å². The third-order valence-corrected chi connectivity index (χ3v) is 3.07. The zero-order chi connectivity index (χ0) is 11.7. The fraction of sp³-hybridized carbons (Fsp3) is 0.444. The largest absolute Gasteiger partial charge is 0.355 e. The molecule has 0 bridgehead atoms. The highest BCUT2D eigenvalue weighted by Crippen LogP contribution is 2.00. The Hall–Kier alpha value is -1.01. The molecule has 4 nitrogen and oxygen atoms in total. The number of hydrogen-bond donors (Lipinski definition) is 0. The van der Waals surface area contributed by atoms with Crippen molar-refractivity contribution in [2.75, 3.05) is 14.1 Å². The molecule has 0 radical (unpaired) electrons. The van der Waals surface area contributed by atoms with Crippen molar-refractivity contribution >= 4 is 29.5 Å². The Labute approximate surface area is 98.8 Å². The fourth-order valence-corrected chi connectivity index (χ4v) is 1.78. The first-order valence-corrected chi connectivity index (χ1v) is 5.19. The average molecular weight is 243 g/mol. The van der Waals surface area contributed by atoms with E-state index < -0.39 is 0 Å². The number of aryl methyl sites for hydroxylation is 1. The van der Waals surface area contributed by atoms with E-state index >= 15 is 0 Å². The van der Waals surface area contributed by atoms with Crippen molar-refractivity contribution in [1.29, 1.82) is 0 Å². The van der Waals surface area contributed by atoms with Gasteiger partial charge in [-0.1, -0.05) is 0 Å². The van der Waals surface area contributed by atoms with Crippen molar-refractivity contribution in [1.82, 2.24) is 14.0 Å². The number of rotatable bonds is 0. The molecule has 0 spiro atoms. The first-order valence-electron chi connectivity index (χ1n) is 4.37. The highest BCUT2D eigenvalue weighted by molar-refractivity contribution is 7.80. The SMILES string of the molecule is Cc1cc(=O)n(C)c(=S)n1C(=S)N(C)C. The molecular weight excluding hydrogens is 230 g/mol. The summed E-state index contributed by atoms with van der Waals surface area (Å²) in [5, 5.41) is 0.577. The van der Waals surface area contributed by atoms with Crippen LogP contribution in [-0.4, -0.2) is 33.2 Å². The van der Waals surface area contributed by atoms with Gasteiger partial charge < -0.3 is 4.90 Å². The van der Waals surface area contributed by atoms with Gasteiger partial charge >= 0.3 is 0 Å². The molecule has 0 N–H and O–H groups in total. The molecule has 82 valence electrons. The van der Waals surface area contributed by atoms with E-state index in [1.165, 1.54) is 10.6 Å². The van der Waals surface area contributed by atoms with Crippen LogP contribution in [0, 0.1) is 11.7 Å². The molecule has 0 saturated heterocycles. The van der Waals surface area contributed by atoms with E-state index in [9.17, 15) is 4.79 Å². The molecule has 0 atom stereocenters. The first kappa shape index (κ1) is 12.1. The monoisotopic (exact) mass is 243 g/mol. The van der Waals surface area contributed by atoms with Crippen LogP contribution in [-0.2, 0) is 7.05 Å². The summed E-state index contributed by atoms with van der Waals surface area (Å²) in [6.45, 7) is 1.81. The maximum atomic E-state index is 11.4. The molecule has 1 rings (SSSR count). The van der Waals surface area contributed by atoms with Crippen LogP contribution in [0.5, 0.6) is 0 Å². The Morgan fingerprint density at radius 3 is 2.47 bits per heavy atom. The second-order valence-corrected chi connectivity index (χ2v) is 4.21. The normalized spacial score (nSPS) is 10.1.